The number of nitrogens with one attached hydrogen (secondary N) is 1. The number of hydrogen-bond acceptors (Lipinski definition) is 3. The van der Waals surface area contributed by atoms with Gasteiger partial charge in [-0.05, 0) is 57.5 Å². The summed E-state index contributed by atoms with van der Waals surface area (Å²) in [5.74, 6) is 0.931. The van der Waals surface area contributed by atoms with Gasteiger partial charge in [0, 0.05) is 25.6 Å². The van der Waals surface area contributed by atoms with Crippen LogP contribution in [0.2, 0.25) is 0 Å². The minimum atomic E-state index is 0.215. The molecule has 1 aliphatic rings. The van der Waals surface area contributed by atoms with E-state index in [9.17, 15) is 4.79 Å². The number of amides is 1. The fourth-order valence-corrected chi connectivity index (χ4v) is 3.00. The van der Waals surface area contributed by atoms with Gasteiger partial charge in [0.1, 0.15) is 0 Å². The molecule has 1 rings (SSSR count). The Morgan fingerprint density at radius 2 is 1.90 bits per heavy atom. The topological polar surface area (TPSA) is 58.4 Å². The van der Waals surface area contributed by atoms with Gasteiger partial charge in [-0.1, -0.05) is 13.8 Å². The molecule has 0 bridgehead atoms. The van der Waals surface area contributed by atoms with Crippen LogP contribution in [0.15, 0.2) is 0 Å². The molecule has 0 atom stereocenters. The molecule has 0 aromatic carbocycles. The van der Waals surface area contributed by atoms with Gasteiger partial charge >= 0.3 is 0 Å². The molecule has 0 aromatic heterocycles. The van der Waals surface area contributed by atoms with E-state index in [1.165, 1.54) is 19.3 Å². The number of nitrogens with two attached hydrogens (primary N) is 1. The average Bonchev–Trinajstić information content (AvgIpc) is 2.45. The van der Waals surface area contributed by atoms with E-state index in [4.69, 9.17) is 5.73 Å². The summed E-state index contributed by atoms with van der Waals surface area (Å²) in [4.78, 5) is 14.2. The lowest BCUT2D eigenvalue weighted by molar-refractivity contribution is -0.121. The van der Waals surface area contributed by atoms with Crippen LogP contribution in [-0.4, -0.2) is 43.0 Å². The van der Waals surface area contributed by atoms with Crippen LogP contribution in [0.3, 0.4) is 0 Å². The number of rotatable bonds is 9. The number of carbonyl (C=O) groups excluding carboxylic acids is 1. The number of likely N-dealkylation sites (N-methyl/N-ethyl adjacent to an activating group) is 1. The lowest BCUT2D eigenvalue weighted by atomic mass is 9.84. The van der Waals surface area contributed by atoms with Crippen LogP contribution in [0.4, 0.5) is 0 Å². The summed E-state index contributed by atoms with van der Waals surface area (Å²) >= 11 is 0. The van der Waals surface area contributed by atoms with Crippen LogP contribution in [0.25, 0.3) is 0 Å². The Labute approximate surface area is 124 Å². The molecular formula is C16H33N3O. The Balaban J connectivity index is 2.05. The summed E-state index contributed by atoms with van der Waals surface area (Å²) in [5, 5.41) is 3.05. The van der Waals surface area contributed by atoms with Crippen molar-refractivity contribution in [2.45, 2.75) is 64.8 Å². The molecule has 0 aromatic rings. The van der Waals surface area contributed by atoms with Gasteiger partial charge in [-0.15, -0.1) is 0 Å². The van der Waals surface area contributed by atoms with Gasteiger partial charge in [-0.3, -0.25) is 4.79 Å². The summed E-state index contributed by atoms with van der Waals surface area (Å²) in [5.41, 5.74) is 5.90. The van der Waals surface area contributed by atoms with Gasteiger partial charge < -0.3 is 16.0 Å². The molecule has 0 unspecified atom stereocenters. The van der Waals surface area contributed by atoms with Gasteiger partial charge in [-0.25, -0.2) is 0 Å². The zero-order valence-electron chi connectivity index (χ0n) is 13.4. The SMILES string of the molecule is CCCN(CC)CCNC(=O)CCC1CCC(N)CC1. The van der Waals surface area contributed by atoms with Crippen molar-refractivity contribution in [3.63, 3.8) is 0 Å². The maximum absolute atomic E-state index is 11.8. The highest BCUT2D eigenvalue weighted by Crippen LogP contribution is 2.26. The zero-order chi connectivity index (χ0) is 14.8. The second-order valence-corrected chi connectivity index (χ2v) is 6.10. The van der Waals surface area contributed by atoms with E-state index >= 15 is 0 Å². The molecular weight excluding hydrogens is 250 g/mol. The fraction of sp³-hybridized carbons (Fsp3) is 0.938. The lowest BCUT2D eigenvalue weighted by Crippen LogP contribution is -2.35. The minimum Gasteiger partial charge on any atom is -0.355 e. The number of hydrogen-bond donors (Lipinski definition) is 2. The van der Waals surface area contributed by atoms with E-state index in [0.717, 1.165) is 45.4 Å². The van der Waals surface area contributed by atoms with Crippen molar-refractivity contribution in [1.82, 2.24) is 10.2 Å². The molecule has 0 heterocycles. The first-order valence-electron chi connectivity index (χ1n) is 8.40. The minimum absolute atomic E-state index is 0.215. The quantitative estimate of drug-likeness (QED) is 0.681. The molecule has 1 fully saturated rings. The predicted octanol–water partition coefficient (Wildman–Crippen LogP) is 2.13. The van der Waals surface area contributed by atoms with Crippen molar-refractivity contribution < 1.29 is 4.79 Å². The third kappa shape index (κ3) is 7.25. The second kappa shape index (κ2) is 10.2. The van der Waals surface area contributed by atoms with Crippen molar-refractivity contribution in [3.8, 4) is 0 Å². The predicted molar refractivity (Wildman–Crippen MR) is 84.6 cm³/mol. The van der Waals surface area contributed by atoms with Gasteiger partial charge in [0.2, 0.25) is 5.91 Å². The summed E-state index contributed by atoms with van der Waals surface area (Å²) in [6.07, 6.45) is 7.56. The first-order valence-corrected chi connectivity index (χ1v) is 8.40. The smallest absolute Gasteiger partial charge is 0.220 e. The highest BCUT2D eigenvalue weighted by Gasteiger charge is 2.19. The van der Waals surface area contributed by atoms with Gasteiger partial charge in [-0.2, -0.15) is 0 Å². The van der Waals surface area contributed by atoms with Crippen molar-refractivity contribution in [2.24, 2.45) is 11.7 Å². The van der Waals surface area contributed by atoms with Crippen LogP contribution < -0.4 is 11.1 Å². The van der Waals surface area contributed by atoms with Crippen LogP contribution in [0, 0.1) is 5.92 Å². The lowest BCUT2D eigenvalue weighted by Gasteiger charge is -2.25. The van der Waals surface area contributed by atoms with Crippen LogP contribution in [-0.2, 0) is 4.79 Å². The van der Waals surface area contributed by atoms with Gasteiger partial charge in [0.05, 0.1) is 0 Å². The molecule has 1 aliphatic carbocycles. The number of carbonyl (C=O) groups is 1. The summed E-state index contributed by atoms with van der Waals surface area (Å²) < 4.78 is 0. The van der Waals surface area contributed by atoms with E-state index in [0.29, 0.717) is 18.4 Å². The Kier molecular flexibility index (Phi) is 8.86. The Morgan fingerprint density at radius 1 is 1.20 bits per heavy atom. The molecule has 0 spiro atoms. The molecule has 0 radical (unpaired) electrons. The van der Waals surface area contributed by atoms with Crippen molar-refractivity contribution in [1.29, 1.82) is 0 Å². The molecule has 118 valence electrons. The van der Waals surface area contributed by atoms with E-state index in [2.05, 4.69) is 24.1 Å². The molecule has 3 N–H and O–H groups in total. The largest absolute Gasteiger partial charge is 0.355 e. The van der Waals surface area contributed by atoms with Crippen LogP contribution in [0.5, 0.6) is 0 Å². The van der Waals surface area contributed by atoms with E-state index in [1.54, 1.807) is 0 Å². The molecule has 4 heteroatoms. The first kappa shape index (κ1) is 17.4. The summed E-state index contributed by atoms with van der Waals surface area (Å²) in [6, 6.07) is 0.402. The van der Waals surface area contributed by atoms with Crippen molar-refractivity contribution in [3.05, 3.63) is 0 Å². The van der Waals surface area contributed by atoms with Crippen LogP contribution >= 0.6 is 0 Å². The highest BCUT2D eigenvalue weighted by atomic mass is 16.1. The maximum atomic E-state index is 11.8. The first-order chi connectivity index (χ1) is 9.65. The standard InChI is InChI=1S/C16H33N3O/c1-3-12-19(4-2)13-11-18-16(20)10-7-14-5-8-15(17)9-6-14/h14-15H,3-13,17H2,1-2H3,(H,18,20). The molecule has 4 nitrogen and oxygen atoms in total. The summed E-state index contributed by atoms with van der Waals surface area (Å²) in [6.45, 7) is 8.29. The van der Waals surface area contributed by atoms with Crippen molar-refractivity contribution >= 4 is 5.91 Å². The van der Waals surface area contributed by atoms with Crippen molar-refractivity contribution in [2.75, 3.05) is 26.2 Å². The van der Waals surface area contributed by atoms with E-state index in [-0.39, 0.29) is 5.91 Å². The third-order valence-electron chi connectivity index (χ3n) is 4.41. The Morgan fingerprint density at radius 3 is 2.50 bits per heavy atom. The second-order valence-electron chi connectivity index (χ2n) is 6.10. The Bertz CT molecular complexity index is 262. The fourth-order valence-electron chi connectivity index (χ4n) is 3.00. The maximum Gasteiger partial charge on any atom is 0.220 e. The highest BCUT2D eigenvalue weighted by molar-refractivity contribution is 5.75. The molecule has 0 saturated heterocycles. The molecule has 1 saturated carbocycles. The Hall–Kier alpha value is -0.610. The molecule has 20 heavy (non-hydrogen) atoms. The third-order valence-corrected chi connectivity index (χ3v) is 4.41. The normalized spacial score (nSPS) is 23.0. The van der Waals surface area contributed by atoms with Crippen LogP contribution in [0.1, 0.15) is 58.8 Å². The van der Waals surface area contributed by atoms with E-state index < -0.39 is 0 Å². The molecule has 0 aliphatic heterocycles. The van der Waals surface area contributed by atoms with E-state index in [1.807, 2.05) is 0 Å². The average molecular weight is 283 g/mol. The zero-order valence-corrected chi connectivity index (χ0v) is 13.4. The number of nitrogens with zero attached hydrogens (tertiary/aromatic N) is 1. The van der Waals surface area contributed by atoms with Gasteiger partial charge in [0.15, 0.2) is 0 Å². The monoisotopic (exact) mass is 283 g/mol. The summed E-state index contributed by atoms with van der Waals surface area (Å²) in [7, 11) is 0. The molecule has 1 amide bonds. The van der Waals surface area contributed by atoms with Gasteiger partial charge in [0.25, 0.3) is 0 Å².